The molecule has 2 rings (SSSR count). The maximum absolute atomic E-state index is 13.3. The zero-order valence-electron chi connectivity index (χ0n) is 10.5. The molecule has 0 aliphatic carbocycles. The lowest BCUT2D eigenvalue weighted by Gasteiger charge is -2.09. The zero-order chi connectivity index (χ0) is 15.6. The fourth-order valence-corrected chi connectivity index (χ4v) is 2.32. The minimum Gasteiger partial charge on any atom is -0.389 e. The van der Waals surface area contributed by atoms with Crippen LogP contribution in [0, 0.1) is 5.82 Å². The predicted octanol–water partition coefficient (Wildman–Crippen LogP) is 4.13. The van der Waals surface area contributed by atoms with Crippen LogP contribution in [0.1, 0.15) is 15.9 Å². The molecule has 108 valence electrons. The van der Waals surface area contributed by atoms with E-state index in [4.69, 9.17) is 29.6 Å². The van der Waals surface area contributed by atoms with Crippen LogP contribution in [0.15, 0.2) is 40.9 Å². The van der Waals surface area contributed by atoms with E-state index >= 15 is 0 Å². The summed E-state index contributed by atoms with van der Waals surface area (Å²) >= 11 is 13.8. The Labute approximate surface area is 139 Å². The van der Waals surface area contributed by atoms with Crippen molar-refractivity contribution in [2.45, 2.75) is 0 Å². The number of anilines is 1. The van der Waals surface area contributed by atoms with Gasteiger partial charge in [-0.3, -0.25) is 4.79 Å². The van der Waals surface area contributed by atoms with Crippen molar-refractivity contribution in [2.24, 2.45) is 5.73 Å². The van der Waals surface area contributed by atoms with Gasteiger partial charge >= 0.3 is 0 Å². The molecule has 0 unspecified atom stereocenters. The summed E-state index contributed by atoms with van der Waals surface area (Å²) in [4.78, 5) is 12.3. The number of halogens is 3. The number of benzene rings is 2. The first kappa shape index (κ1) is 15.9. The first-order valence-corrected chi connectivity index (χ1v) is 7.32. The van der Waals surface area contributed by atoms with Crippen LogP contribution in [0.4, 0.5) is 10.1 Å². The second kappa shape index (κ2) is 6.51. The van der Waals surface area contributed by atoms with Crippen LogP contribution in [0.3, 0.4) is 0 Å². The van der Waals surface area contributed by atoms with Crippen molar-refractivity contribution in [3.8, 4) is 0 Å². The number of thiocarbonyl (C=S) groups is 1. The molecule has 3 nitrogen and oxygen atoms in total. The molecule has 1 amide bonds. The van der Waals surface area contributed by atoms with Crippen LogP contribution in [0.25, 0.3) is 0 Å². The van der Waals surface area contributed by atoms with Crippen molar-refractivity contribution in [1.29, 1.82) is 0 Å². The average molecular weight is 388 g/mol. The average Bonchev–Trinajstić information content (AvgIpc) is 2.43. The van der Waals surface area contributed by atoms with E-state index in [0.29, 0.717) is 15.7 Å². The summed E-state index contributed by atoms with van der Waals surface area (Å²) < 4.78 is 14.0. The van der Waals surface area contributed by atoms with Crippen LogP contribution < -0.4 is 11.1 Å². The molecule has 2 aromatic carbocycles. The first-order valence-electron chi connectivity index (χ1n) is 5.74. The van der Waals surface area contributed by atoms with Gasteiger partial charge in [0.05, 0.1) is 10.7 Å². The van der Waals surface area contributed by atoms with Gasteiger partial charge in [0.2, 0.25) is 0 Å². The topological polar surface area (TPSA) is 55.1 Å². The van der Waals surface area contributed by atoms with Gasteiger partial charge in [0.1, 0.15) is 10.8 Å². The molecular formula is C14H9BrClFN2OS. The third kappa shape index (κ3) is 3.78. The molecule has 0 bridgehead atoms. The zero-order valence-corrected chi connectivity index (χ0v) is 13.7. The maximum atomic E-state index is 13.3. The van der Waals surface area contributed by atoms with Crippen molar-refractivity contribution >= 4 is 56.3 Å². The van der Waals surface area contributed by atoms with E-state index < -0.39 is 11.7 Å². The van der Waals surface area contributed by atoms with Crippen molar-refractivity contribution in [2.75, 3.05) is 5.32 Å². The number of nitrogens with one attached hydrogen (secondary N) is 1. The minimum absolute atomic E-state index is 0.0338. The fraction of sp³-hybridized carbons (Fsp3) is 0. The molecule has 0 saturated carbocycles. The van der Waals surface area contributed by atoms with E-state index in [-0.39, 0.29) is 15.6 Å². The Bertz CT molecular complexity index is 739. The highest BCUT2D eigenvalue weighted by atomic mass is 79.9. The predicted molar refractivity (Wildman–Crippen MR) is 89.4 cm³/mol. The van der Waals surface area contributed by atoms with Crippen molar-refractivity contribution in [3.05, 3.63) is 62.8 Å². The third-order valence-corrected chi connectivity index (χ3v) is 3.88. The molecule has 0 spiro atoms. The van der Waals surface area contributed by atoms with E-state index in [2.05, 4.69) is 21.2 Å². The van der Waals surface area contributed by atoms with Crippen LogP contribution in [-0.2, 0) is 0 Å². The molecule has 0 aromatic heterocycles. The minimum atomic E-state index is -0.646. The second-order valence-electron chi connectivity index (χ2n) is 4.14. The summed E-state index contributed by atoms with van der Waals surface area (Å²) in [6.07, 6.45) is 0. The Kier molecular flexibility index (Phi) is 4.92. The SMILES string of the molecule is NC(=S)c1ccc(NC(=O)c2ccc(Cl)c(F)c2)c(Br)c1. The quantitative estimate of drug-likeness (QED) is 0.779. The maximum Gasteiger partial charge on any atom is 0.255 e. The largest absolute Gasteiger partial charge is 0.389 e. The van der Waals surface area contributed by atoms with Gasteiger partial charge in [-0.1, -0.05) is 23.8 Å². The highest BCUT2D eigenvalue weighted by molar-refractivity contribution is 9.10. The van der Waals surface area contributed by atoms with Gasteiger partial charge in [-0.25, -0.2) is 4.39 Å². The molecule has 0 atom stereocenters. The number of nitrogens with two attached hydrogens (primary N) is 1. The highest BCUT2D eigenvalue weighted by Crippen LogP contribution is 2.25. The van der Waals surface area contributed by atoms with Crippen LogP contribution >= 0.6 is 39.7 Å². The van der Waals surface area contributed by atoms with Gasteiger partial charge in [-0.2, -0.15) is 0 Å². The summed E-state index contributed by atoms with van der Waals surface area (Å²) in [6.45, 7) is 0. The lowest BCUT2D eigenvalue weighted by molar-refractivity contribution is 0.102. The smallest absolute Gasteiger partial charge is 0.255 e. The Morgan fingerprint density at radius 2 is 1.90 bits per heavy atom. The van der Waals surface area contributed by atoms with Crippen LogP contribution in [0.2, 0.25) is 5.02 Å². The Morgan fingerprint density at radius 1 is 1.24 bits per heavy atom. The molecule has 3 N–H and O–H groups in total. The van der Waals surface area contributed by atoms with Crippen molar-refractivity contribution < 1.29 is 9.18 Å². The molecule has 0 aliphatic heterocycles. The third-order valence-electron chi connectivity index (χ3n) is 2.68. The van der Waals surface area contributed by atoms with E-state index in [1.807, 2.05) is 0 Å². The van der Waals surface area contributed by atoms with Gasteiger partial charge in [-0.15, -0.1) is 0 Å². The monoisotopic (exact) mass is 386 g/mol. The number of amides is 1. The van der Waals surface area contributed by atoms with Gasteiger partial charge < -0.3 is 11.1 Å². The number of rotatable bonds is 3. The molecule has 21 heavy (non-hydrogen) atoms. The normalized spacial score (nSPS) is 10.2. The van der Waals surface area contributed by atoms with Crippen molar-refractivity contribution in [3.63, 3.8) is 0 Å². The van der Waals surface area contributed by atoms with E-state index in [9.17, 15) is 9.18 Å². The lowest BCUT2D eigenvalue weighted by Crippen LogP contribution is -2.14. The van der Waals surface area contributed by atoms with Crippen LogP contribution in [-0.4, -0.2) is 10.9 Å². The van der Waals surface area contributed by atoms with Crippen molar-refractivity contribution in [1.82, 2.24) is 0 Å². The molecule has 0 radical (unpaired) electrons. The number of hydrogen-bond donors (Lipinski definition) is 2. The highest BCUT2D eigenvalue weighted by Gasteiger charge is 2.11. The summed E-state index contributed by atoms with van der Waals surface area (Å²) in [5, 5.41) is 2.63. The summed E-state index contributed by atoms with van der Waals surface area (Å²) in [5.41, 5.74) is 6.89. The Balaban J connectivity index is 2.23. The van der Waals surface area contributed by atoms with Gasteiger partial charge in [0, 0.05) is 15.6 Å². The first-order chi connectivity index (χ1) is 9.88. The molecular weight excluding hydrogens is 379 g/mol. The molecule has 2 aromatic rings. The molecule has 0 aliphatic rings. The van der Waals surface area contributed by atoms with Gasteiger partial charge in [0.15, 0.2) is 0 Å². The number of hydrogen-bond acceptors (Lipinski definition) is 2. The fourth-order valence-electron chi connectivity index (χ4n) is 1.60. The Morgan fingerprint density at radius 3 is 2.48 bits per heavy atom. The molecule has 7 heteroatoms. The van der Waals surface area contributed by atoms with E-state index in [1.165, 1.54) is 12.1 Å². The standard InChI is InChI=1S/C14H9BrClFN2OS/c15-9-5-7(13(18)21)2-4-12(9)19-14(20)8-1-3-10(16)11(17)6-8/h1-6H,(H2,18,21)(H,19,20). The van der Waals surface area contributed by atoms with Gasteiger partial charge in [-0.05, 0) is 52.3 Å². The number of carbonyl (C=O) groups excluding carboxylic acids is 1. The van der Waals surface area contributed by atoms with Gasteiger partial charge in [0.25, 0.3) is 5.91 Å². The lowest BCUT2D eigenvalue weighted by atomic mass is 10.1. The summed E-state index contributed by atoms with van der Waals surface area (Å²) in [7, 11) is 0. The molecule has 0 heterocycles. The van der Waals surface area contributed by atoms with E-state index in [0.717, 1.165) is 6.07 Å². The van der Waals surface area contributed by atoms with E-state index in [1.54, 1.807) is 18.2 Å². The van der Waals surface area contributed by atoms with Crippen LogP contribution in [0.5, 0.6) is 0 Å². The second-order valence-corrected chi connectivity index (χ2v) is 5.84. The summed E-state index contributed by atoms with van der Waals surface area (Å²) in [5.74, 6) is -1.10. The number of carbonyl (C=O) groups is 1. The summed E-state index contributed by atoms with van der Waals surface area (Å²) in [6, 6.07) is 8.89. The molecule has 0 saturated heterocycles. The Hall–Kier alpha value is -1.50. The molecule has 0 fully saturated rings.